The fourth-order valence-corrected chi connectivity index (χ4v) is 1.65. The molecule has 1 heterocycles. The van der Waals surface area contributed by atoms with Crippen molar-refractivity contribution >= 4 is 11.7 Å². The van der Waals surface area contributed by atoms with Crippen LogP contribution in [0.1, 0.15) is 15.9 Å². The fraction of sp³-hybridized carbons (Fsp3) is 0.250. The van der Waals surface area contributed by atoms with Crippen molar-refractivity contribution in [3.63, 3.8) is 0 Å². The molecule has 0 bridgehead atoms. The molecule has 2 rings (SSSR count). The summed E-state index contributed by atoms with van der Waals surface area (Å²) in [5, 5.41) is 19.7. The van der Waals surface area contributed by atoms with Gasteiger partial charge in [-0.05, 0) is 30.7 Å². The highest BCUT2D eigenvalue weighted by atomic mass is 16.4. The lowest BCUT2D eigenvalue weighted by Crippen LogP contribution is -2.12. The molecule has 0 saturated carbocycles. The number of rotatable bonds is 5. The van der Waals surface area contributed by atoms with Crippen LogP contribution in [0, 0.1) is 6.92 Å². The average molecular weight is 246 g/mol. The highest BCUT2D eigenvalue weighted by molar-refractivity contribution is 5.88. The number of hydrogen-bond acceptors (Lipinski definition) is 4. The van der Waals surface area contributed by atoms with Crippen molar-refractivity contribution in [3.05, 3.63) is 41.7 Å². The van der Waals surface area contributed by atoms with Crippen molar-refractivity contribution in [3.8, 4) is 0 Å². The van der Waals surface area contributed by atoms with Crippen LogP contribution in [-0.2, 0) is 6.54 Å². The first-order valence-corrected chi connectivity index (χ1v) is 5.59. The first-order valence-electron chi connectivity index (χ1n) is 5.59. The van der Waals surface area contributed by atoms with Crippen molar-refractivity contribution in [1.82, 2.24) is 15.0 Å². The standard InChI is InChI=1S/C12H14N4O2/c1-9-8-10(12(17)18)2-3-11(9)13-4-6-16-7-5-14-15-16/h2-3,5,7-8,13H,4,6H2,1H3,(H,17,18). The lowest BCUT2D eigenvalue weighted by atomic mass is 10.1. The SMILES string of the molecule is Cc1cc(C(=O)O)ccc1NCCn1ccnn1. The molecule has 94 valence electrons. The topological polar surface area (TPSA) is 80.0 Å². The predicted molar refractivity (Wildman–Crippen MR) is 66.7 cm³/mol. The second kappa shape index (κ2) is 5.31. The molecule has 0 radical (unpaired) electrons. The highest BCUT2D eigenvalue weighted by Gasteiger charge is 2.05. The molecule has 1 aromatic heterocycles. The summed E-state index contributed by atoms with van der Waals surface area (Å²) >= 11 is 0. The first kappa shape index (κ1) is 12.1. The normalized spacial score (nSPS) is 10.3. The summed E-state index contributed by atoms with van der Waals surface area (Å²) in [5.74, 6) is -0.910. The number of carboxylic acid groups (broad SMARTS) is 1. The highest BCUT2D eigenvalue weighted by Crippen LogP contribution is 2.16. The molecule has 0 saturated heterocycles. The van der Waals surface area contributed by atoms with Gasteiger partial charge in [-0.25, -0.2) is 4.79 Å². The monoisotopic (exact) mass is 246 g/mol. The summed E-state index contributed by atoms with van der Waals surface area (Å²) in [6, 6.07) is 5.02. The quantitative estimate of drug-likeness (QED) is 0.833. The van der Waals surface area contributed by atoms with E-state index in [9.17, 15) is 4.79 Å². The fourth-order valence-electron chi connectivity index (χ4n) is 1.65. The Balaban J connectivity index is 1.95. The van der Waals surface area contributed by atoms with Crippen LogP contribution in [0.5, 0.6) is 0 Å². The molecule has 6 heteroatoms. The number of nitrogens with zero attached hydrogens (tertiary/aromatic N) is 3. The Hall–Kier alpha value is -2.37. The van der Waals surface area contributed by atoms with Crippen LogP contribution < -0.4 is 5.32 Å². The van der Waals surface area contributed by atoms with Crippen molar-refractivity contribution < 1.29 is 9.90 Å². The Labute approximate surface area is 104 Å². The molecule has 0 fully saturated rings. The van der Waals surface area contributed by atoms with Crippen LogP contribution >= 0.6 is 0 Å². The number of hydrogen-bond donors (Lipinski definition) is 2. The van der Waals surface area contributed by atoms with Crippen molar-refractivity contribution in [2.45, 2.75) is 13.5 Å². The van der Waals surface area contributed by atoms with E-state index in [0.717, 1.165) is 11.3 Å². The minimum Gasteiger partial charge on any atom is -0.478 e. The molecule has 0 atom stereocenters. The van der Waals surface area contributed by atoms with Crippen LogP contribution in [0.4, 0.5) is 5.69 Å². The molecule has 0 aliphatic rings. The van der Waals surface area contributed by atoms with Gasteiger partial charge in [0.2, 0.25) is 0 Å². The lowest BCUT2D eigenvalue weighted by Gasteiger charge is -2.09. The van der Waals surface area contributed by atoms with Crippen molar-refractivity contribution in [2.75, 3.05) is 11.9 Å². The summed E-state index contributed by atoms with van der Waals surface area (Å²) in [6.07, 6.45) is 3.43. The van der Waals surface area contributed by atoms with Gasteiger partial charge in [0.25, 0.3) is 0 Å². The van der Waals surface area contributed by atoms with Gasteiger partial charge in [0, 0.05) is 18.4 Å². The zero-order valence-electron chi connectivity index (χ0n) is 10.00. The second-order valence-corrected chi connectivity index (χ2v) is 3.93. The Morgan fingerprint density at radius 2 is 2.33 bits per heavy atom. The largest absolute Gasteiger partial charge is 0.478 e. The molecule has 0 aliphatic carbocycles. The van der Waals surface area contributed by atoms with E-state index in [1.54, 1.807) is 35.3 Å². The molecule has 2 aromatic rings. The van der Waals surface area contributed by atoms with E-state index in [2.05, 4.69) is 15.6 Å². The number of anilines is 1. The third-order valence-electron chi connectivity index (χ3n) is 2.60. The Bertz CT molecular complexity index is 537. The number of aryl methyl sites for hydroxylation is 1. The van der Waals surface area contributed by atoms with E-state index >= 15 is 0 Å². The molecule has 0 amide bonds. The molecule has 1 aromatic carbocycles. The lowest BCUT2D eigenvalue weighted by molar-refractivity contribution is 0.0697. The van der Waals surface area contributed by atoms with Gasteiger partial charge in [0.1, 0.15) is 0 Å². The predicted octanol–water partition coefficient (Wildman–Crippen LogP) is 1.40. The summed E-state index contributed by atoms with van der Waals surface area (Å²) < 4.78 is 1.73. The number of aromatic nitrogens is 3. The number of carbonyl (C=O) groups is 1. The van der Waals surface area contributed by atoms with Crippen molar-refractivity contribution in [2.24, 2.45) is 0 Å². The van der Waals surface area contributed by atoms with Crippen LogP contribution in [-0.4, -0.2) is 32.6 Å². The van der Waals surface area contributed by atoms with Crippen molar-refractivity contribution in [1.29, 1.82) is 0 Å². The van der Waals surface area contributed by atoms with Gasteiger partial charge in [-0.3, -0.25) is 4.68 Å². The van der Waals surface area contributed by atoms with Crippen LogP contribution in [0.15, 0.2) is 30.6 Å². The zero-order valence-corrected chi connectivity index (χ0v) is 10.00. The molecule has 0 spiro atoms. The van der Waals surface area contributed by atoms with Crippen LogP contribution in [0.25, 0.3) is 0 Å². The maximum absolute atomic E-state index is 10.8. The summed E-state index contributed by atoms with van der Waals surface area (Å²) in [6.45, 7) is 3.29. The summed E-state index contributed by atoms with van der Waals surface area (Å²) in [5.41, 5.74) is 2.14. The number of aromatic carboxylic acids is 1. The van der Waals surface area contributed by atoms with Crippen LogP contribution in [0.2, 0.25) is 0 Å². The third kappa shape index (κ3) is 2.85. The van der Waals surface area contributed by atoms with Gasteiger partial charge in [-0.15, -0.1) is 5.10 Å². The summed E-state index contributed by atoms with van der Waals surface area (Å²) in [4.78, 5) is 10.8. The van der Waals surface area contributed by atoms with E-state index in [1.807, 2.05) is 6.92 Å². The van der Waals surface area contributed by atoms with E-state index in [0.29, 0.717) is 18.7 Å². The van der Waals surface area contributed by atoms with E-state index in [1.165, 1.54) is 0 Å². The van der Waals surface area contributed by atoms with Gasteiger partial charge >= 0.3 is 5.97 Å². The molecular weight excluding hydrogens is 232 g/mol. The Morgan fingerprint density at radius 3 is 2.94 bits per heavy atom. The van der Waals surface area contributed by atoms with E-state index in [-0.39, 0.29) is 0 Å². The molecular formula is C12H14N4O2. The second-order valence-electron chi connectivity index (χ2n) is 3.93. The van der Waals surface area contributed by atoms with E-state index < -0.39 is 5.97 Å². The number of carboxylic acids is 1. The number of nitrogens with one attached hydrogen (secondary N) is 1. The molecule has 0 unspecified atom stereocenters. The smallest absolute Gasteiger partial charge is 0.335 e. The van der Waals surface area contributed by atoms with Crippen LogP contribution in [0.3, 0.4) is 0 Å². The van der Waals surface area contributed by atoms with E-state index in [4.69, 9.17) is 5.11 Å². The van der Waals surface area contributed by atoms with Gasteiger partial charge in [-0.2, -0.15) is 0 Å². The maximum atomic E-state index is 10.8. The van der Waals surface area contributed by atoms with Gasteiger partial charge < -0.3 is 10.4 Å². The minimum atomic E-state index is -0.910. The maximum Gasteiger partial charge on any atom is 0.335 e. The van der Waals surface area contributed by atoms with Gasteiger partial charge in [-0.1, -0.05) is 5.21 Å². The third-order valence-corrected chi connectivity index (χ3v) is 2.60. The molecule has 2 N–H and O–H groups in total. The van der Waals surface area contributed by atoms with Gasteiger partial charge in [0.15, 0.2) is 0 Å². The first-order chi connectivity index (χ1) is 8.66. The number of benzene rings is 1. The zero-order chi connectivity index (χ0) is 13.0. The summed E-state index contributed by atoms with van der Waals surface area (Å²) in [7, 11) is 0. The molecule has 0 aliphatic heterocycles. The molecule has 18 heavy (non-hydrogen) atoms. The Morgan fingerprint density at radius 1 is 1.50 bits per heavy atom. The average Bonchev–Trinajstić information content (AvgIpc) is 2.84. The Kier molecular flexibility index (Phi) is 3.57. The molecule has 6 nitrogen and oxygen atoms in total. The van der Waals surface area contributed by atoms with Gasteiger partial charge in [0.05, 0.1) is 18.3 Å². The minimum absolute atomic E-state index is 0.300.